The summed E-state index contributed by atoms with van der Waals surface area (Å²) in [4.78, 5) is 22.6. The molecule has 0 saturated heterocycles. The number of amides is 1. The molecule has 0 radical (unpaired) electrons. The Bertz CT molecular complexity index is 393. The highest BCUT2D eigenvalue weighted by atomic mass is 127. The van der Waals surface area contributed by atoms with Gasteiger partial charge in [-0.1, -0.05) is 0 Å². The zero-order chi connectivity index (χ0) is 12.1. The summed E-state index contributed by atoms with van der Waals surface area (Å²) in [7, 11) is 1.26. The van der Waals surface area contributed by atoms with E-state index in [4.69, 9.17) is 0 Å². The molecule has 0 fully saturated rings. The van der Waals surface area contributed by atoms with Crippen LogP contribution in [0.5, 0.6) is 0 Å². The van der Waals surface area contributed by atoms with Crippen molar-refractivity contribution in [2.75, 3.05) is 7.11 Å². The summed E-state index contributed by atoms with van der Waals surface area (Å²) in [5.74, 6) is -0.964. The van der Waals surface area contributed by atoms with Crippen LogP contribution in [-0.4, -0.2) is 35.2 Å². The van der Waals surface area contributed by atoms with Gasteiger partial charge in [-0.2, -0.15) is 0 Å². The van der Waals surface area contributed by atoms with Gasteiger partial charge in [-0.25, -0.2) is 4.79 Å². The number of hydrogen-bond acceptors (Lipinski definition) is 5. The Hall–Kier alpha value is -1.25. The van der Waals surface area contributed by atoms with Gasteiger partial charge in [0.15, 0.2) is 5.69 Å². The van der Waals surface area contributed by atoms with Crippen LogP contribution < -0.4 is 5.32 Å². The Morgan fingerprint density at radius 1 is 1.44 bits per heavy atom. The highest BCUT2D eigenvalue weighted by Gasteiger charge is 2.17. The van der Waals surface area contributed by atoms with Crippen LogP contribution in [0.2, 0.25) is 0 Å². The third kappa shape index (κ3) is 3.40. The molecule has 0 spiro atoms. The van der Waals surface area contributed by atoms with Gasteiger partial charge in [0.05, 0.1) is 7.11 Å². The van der Waals surface area contributed by atoms with Crippen LogP contribution >= 0.6 is 22.6 Å². The molecule has 1 amide bonds. The predicted molar refractivity (Wildman–Crippen MR) is 63.7 cm³/mol. The first kappa shape index (κ1) is 12.8. The summed E-state index contributed by atoms with van der Waals surface area (Å²) in [5, 5.41) is 9.87. The quantitative estimate of drug-likeness (QED) is 0.638. The van der Waals surface area contributed by atoms with Crippen LogP contribution in [0.3, 0.4) is 0 Å². The molecular formula is C9H10IN3O3. The van der Waals surface area contributed by atoms with Gasteiger partial charge in [-0.3, -0.25) is 4.79 Å². The van der Waals surface area contributed by atoms with Crippen molar-refractivity contribution >= 4 is 34.5 Å². The number of ether oxygens (including phenoxy) is 1. The van der Waals surface area contributed by atoms with Crippen molar-refractivity contribution in [1.82, 2.24) is 15.5 Å². The van der Waals surface area contributed by atoms with E-state index >= 15 is 0 Å². The number of halogens is 1. The topological polar surface area (TPSA) is 81.2 Å². The Labute approximate surface area is 106 Å². The molecule has 6 nitrogen and oxygen atoms in total. The summed E-state index contributed by atoms with van der Waals surface area (Å²) in [6.45, 7) is 1.53. The average molecular weight is 335 g/mol. The molecule has 0 aliphatic rings. The van der Waals surface area contributed by atoms with Gasteiger partial charge < -0.3 is 10.1 Å². The fourth-order valence-corrected chi connectivity index (χ4v) is 1.23. The fraction of sp³-hybridized carbons (Fsp3) is 0.333. The van der Waals surface area contributed by atoms with Crippen molar-refractivity contribution in [2.45, 2.75) is 13.0 Å². The van der Waals surface area contributed by atoms with Crippen LogP contribution in [0.15, 0.2) is 12.1 Å². The van der Waals surface area contributed by atoms with Crippen molar-refractivity contribution in [2.24, 2.45) is 0 Å². The molecule has 1 unspecified atom stereocenters. The minimum atomic E-state index is -0.710. The number of nitrogens with one attached hydrogen (secondary N) is 1. The number of carbonyl (C=O) groups excluding carboxylic acids is 2. The Morgan fingerprint density at radius 2 is 2.12 bits per heavy atom. The molecule has 1 rings (SSSR count). The van der Waals surface area contributed by atoms with Gasteiger partial charge in [0.1, 0.15) is 9.74 Å². The predicted octanol–water partition coefficient (Wildman–Crippen LogP) is 0.372. The van der Waals surface area contributed by atoms with Crippen LogP contribution in [0.1, 0.15) is 17.4 Å². The third-order valence-corrected chi connectivity index (χ3v) is 2.34. The summed E-state index contributed by atoms with van der Waals surface area (Å²) in [6, 6.07) is 2.48. The van der Waals surface area contributed by atoms with E-state index in [2.05, 4.69) is 20.3 Å². The van der Waals surface area contributed by atoms with E-state index in [-0.39, 0.29) is 5.69 Å². The molecule has 16 heavy (non-hydrogen) atoms. The second-order valence-corrected chi connectivity index (χ2v) is 4.06. The second-order valence-electron chi connectivity index (χ2n) is 2.96. The monoisotopic (exact) mass is 335 g/mol. The standard InChI is InChI=1S/C9H10IN3O3/c1-5(9(15)16-2)11-8(14)6-3-4-7(10)13-12-6/h3-5H,1-2H3,(H,11,14). The van der Waals surface area contributed by atoms with Crippen LogP contribution in [0.25, 0.3) is 0 Å². The zero-order valence-electron chi connectivity index (χ0n) is 8.73. The molecule has 86 valence electrons. The van der Waals surface area contributed by atoms with E-state index in [0.717, 1.165) is 0 Å². The first-order valence-electron chi connectivity index (χ1n) is 4.42. The number of hydrogen-bond donors (Lipinski definition) is 1. The molecule has 0 aliphatic heterocycles. The Balaban J connectivity index is 2.65. The van der Waals surface area contributed by atoms with Crippen molar-refractivity contribution in [3.05, 3.63) is 21.5 Å². The van der Waals surface area contributed by atoms with Gasteiger partial charge in [0.25, 0.3) is 5.91 Å². The SMILES string of the molecule is COC(=O)C(C)NC(=O)c1ccc(I)nn1. The number of esters is 1. The zero-order valence-corrected chi connectivity index (χ0v) is 10.9. The lowest BCUT2D eigenvalue weighted by molar-refractivity contribution is -0.142. The number of methoxy groups -OCH3 is 1. The van der Waals surface area contributed by atoms with Crippen molar-refractivity contribution < 1.29 is 14.3 Å². The maximum Gasteiger partial charge on any atom is 0.328 e. The molecule has 1 N–H and O–H groups in total. The minimum Gasteiger partial charge on any atom is -0.467 e. The van der Waals surface area contributed by atoms with Gasteiger partial charge in [0, 0.05) is 0 Å². The van der Waals surface area contributed by atoms with E-state index < -0.39 is 17.9 Å². The molecule has 0 bridgehead atoms. The number of carbonyl (C=O) groups is 2. The second kappa shape index (κ2) is 5.73. The third-order valence-electron chi connectivity index (χ3n) is 1.77. The molecule has 0 aliphatic carbocycles. The number of rotatable bonds is 3. The molecule has 1 heterocycles. The summed E-state index contributed by atoms with van der Waals surface area (Å²) in [5.41, 5.74) is 0.163. The number of aromatic nitrogens is 2. The van der Waals surface area contributed by atoms with E-state index in [0.29, 0.717) is 3.70 Å². The molecule has 7 heteroatoms. The average Bonchev–Trinajstić information content (AvgIpc) is 2.28. The Morgan fingerprint density at radius 3 is 2.62 bits per heavy atom. The lowest BCUT2D eigenvalue weighted by atomic mass is 10.3. The van der Waals surface area contributed by atoms with Crippen molar-refractivity contribution in [3.8, 4) is 0 Å². The highest BCUT2D eigenvalue weighted by Crippen LogP contribution is 2.00. The van der Waals surface area contributed by atoms with Crippen LogP contribution in [0, 0.1) is 3.70 Å². The number of nitrogens with zero attached hydrogens (tertiary/aromatic N) is 2. The lowest BCUT2D eigenvalue weighted by Gasteiger charge is -2.10. The van der Waals surface area contributed by atoms with Gasteiger partial charge in [-0.05, 0) is 41.6 Å². The maximum absolute atomic E-state index is 11.6. The van der Waals surface area contributed by atoms with Crippen LogP contribution in [0.4, 0.5) is 0 Å². The first-order valence-corrected chi connectivity index (χ1v) is 5.50. The van der Waals surface area contributed by atoms with Crippen LogP contribution in [-0.2, 0) is 9.53 Å². The lowest BCUT2D eigenvalue weighted by Crippen LogP contribution is -2.39. The van der Waals surface area contributed by atoms with E-state index in [1.165, 1.54) is 20.1 Å². The fourth-order valence-electron chi connectivity index (χ4n) is 0.943. The minimum absolute atomic E-state index is 0.163. The molecule has 1 atom stereocenters. The first-order chi connectivity index (χ1) is 7.54. The van der Waals surface area contributed by atoms with E-state index in [9.17, 15) is 9.59 Å². The largest absolute Gasteiger partial charge is 0.467 e. The molecule has 1 aromatic heterocycles. The van der Waals surface area contributed by atoms with Gasteiger partial charge >= 0.3 is 5.97 Å². The van der Waals surface area contributed by atoms with Gasteiger partial charge in [-0.15, -0.1) is 10.2 Å². The van der Waals surface area contributed by atoms with Crippen molar-refractivity contribution in [3.63, 3.8) is 0 Å². The molecule has 0 saturated carbocycles. The molecule has 0 aromatic carbocycles. The van der Waals surface area contributed by atoms with Crippen molar-refractivity contribution in [1.29, 1.82) is 0 Å². The maximum atomic E-state index is 11.6. The molecule has 1 aromatic rings. The summed E-state index contributed by atoms with van der Waals surface area (Å²) >= 11 is 1.98. The highest BCUT2D eigenvalue weighted by molar-refractivity contribution is 14.1. The smallest absolute Gasteiger partial charge is 0.328 e. The normalized spacial score (nSPS) is 11.7. The van der Waals surface area contributed by atoms with E-state index in [1.807, 2.05) is 22.6 Å². The van der Waals surface area contributed by atoms with E-state index in [1.54, 1.807) is 6.07 Å². The summed E-state index contributed by atoms with van der Waals surface area (Å²) in [6.07, 6.45) is 0. The van der Waals surface area contributed by atoms with Gasteiger partial charge in [0.2, 0.25) is 0 Å². The Kier molecular flexibility index (Phi) is 4.59. The molecular weight excluding hydrogens is 325 g/mol. The summed E-state index contributed by atoms with van der Waals surface area (Å²) < 4.78 is 5.17.